The van der Waals surface area contributed by atoms with Crippen molar-refractivity contribution in [3.05, 3.63) is 30.3 Å². The minimum Gasteiger partial charge on any atom is -0.311 e. The number of alkyl halides is 3. The van der Waals surface area contributed by atoms with E-state index in [0.29, 0.717) is 12.6 Å². The van der Waals surface area contributed by atoms with Crippen molar-refractivity contribution in [3.63, 3.8) is 0 Å². The van der Waals surface area contributed by atoms with Crippen LogP contribution >= 0.6 is 0 Å². The highest BCUT2D eigenvalue weighted by molar-refractivity contribution is 6.00. The number of nitrogens with two attached hydrogens (primary N) is 1. The summed E-state index contributed by atoms with van der Waals surface area (Å²) in [5, 5.41) is 0. The van der Waals surface area contributed by atoms with Gasteiger partial charge in [0.25, 0.3) is 5.91 Å². The van der Waals surface area contributed by atoms with Gasteiger partial charge in [0, 0.05) is 12.2 Å². The summed E-state index contributed by atoms with van der Waals surface area (Å²) >= 11 is 0. The number of likely N-dealkylation sites (N-methyl/N-ethyl adjacent to an activating group) is 1. The maximum absolute atomic E-state index is 12.7. The zero-order valence-corrected chi connectivity index (χ0v) is 10.2. The van der Waals surface area contributed by atoms with Crippen LogP contribution in [-0.2, 0) is 4.79 Å². The minimum absolute atomic E-state index is 0.117. The van der Waals surface area contributed by atoms with Crippen LogP contribution < -0.4 is 10.6 Å². The third kappa shape index (κ3) is 2.64. The molecule has 100 valence electrons. The number of benzene rings is 1. The third-order valence-corrected chi connectivity index (χ3v) is 2.66. The average Bonchev–Trinajstić information content (AvgIpc) is 2.29. The summed E-state index contributed by atoms with van der Waals surface area (Å²) in [6, 6.07) is 8.13. The largest absolute Gasteiger partial charge is 0.415 e. The van der Waals surface area contributed by atoms with Gasteiger partial charge in [-0.25, -0.2) is 0 Å². The molecule has 2 N–H and O–H groups in total. The molecular weight excluding hydrogens is 245 g/mol. The maximum Gasteiger partial charge on any atom is 0.415 e. The average molecular weight is 260 g/mol. The van der Waals surface area contributed by atoms with Crippen molar-refractivity contribution in [2.75, 3.05) is 11.4 Å². The highest BCUT2D eigenvalue weighted by Crippen LogP contribution is 2.30. The number of carbonyl (C=O) groups is 1. The first-order chi connectivity index (χ1) is 8.21. The van der Waals surface area contributed by atoms with Crippen LogP contribution in [0.2, 0.25) is 0 Å². The van der Waals surface area contributed by atoms with E-state index in [2.05, 4.69) is 0 Å². The Morgan fingerprint density at radius 3 is 2.17 bits per heavy atom. The van der Waals surface area contributed by atoms with E-state index < -0.39 is 17.6 Å². The topological polar surface area (TPSA) is 46.3 Å². The van der Waals surface area contributed by atoms with E-state index in [9.17, 15) is 18.0 Å². The van der Waals surface area contributed by atoms with E-state index >= 15 is 0 Å². The Kier molecular flexibility index (Phi) is 4.01. The predicted molar refractivity (Wildman–Crippen MR) is 63.1 cm³/mol. The molecule has 1 unspecified atom stereocenters. The SMILES string of the molecule is CCN(C(=O)C(C)(N)C(F)(F)F)c1ccccc1. The lowest BCUT2D eigenvalue weighted by molar-refractivity contribution is -0.185. The smallest absolute Gasteiger partial charge is 0.311 e. The summed E-state index contributed by atoms with van der Waals surface area (Å²) in [6.45, 7) is 2.39. The fourth-order valence-electron chi connectivity index (χ4n) is 1.45. The molecule has 0 aromatic heterocycles. The molecule has 0 saturated carbocycles. The van der Waals surface area contributed by atoms with Crippen molar-refractivity contribution >= 4 is 11.6 Å². The molecule has 1 aromatic carbocycles. The summed E-state index contributed by atoms with van der Waals surface area (Å²) in [5.41, 5.74) is 2.64. The summed E-state index contributed by atoms with van der Waals surface area (Å²) in [4.78, 5) is 12.9. The quantitative estimate of drug-likeness (QED) is 0.906. The van der Waals surface area contributed by atoms with Gasteiger partial charge in [0.1, 0.15) is 0 Å². The zero-order chi connectivity index (χ0) is 14.0. The van der Waals surface area contributed by atoms with Gasteiger partial charge in [-0.1, -0.05) is 18.2 Å². The molecule has 0 spiro atoms. The normalized spacial score (nSPS) is 15.0. The summed E-state index contributed by atoms with van der Waals surface area (Å²) in [6.07, 6.45) is -4.79. The Labute approximate surface area is 103 Å². The monoisotopic (exact) mass is 260 g/mol. The van der Waals surface area contributed by atoms with Crippen LogP contribution in [0.1, 0.15) is 13.8 Å². The van der Waals surface area contributed by atoms with E-state index in [1.807, 2.05) is 0 Å². The maximum atomic E-state index is 12.7. The highest BCUT2D eigenvalue weighted by atomic mass is 19.4. The number of amides is 1. The van der Waals surface area contributed by atoms with E-state index in [-0.39, 0.29) is 6.54 Å². The van der Waals surface area contributed by atoms with Crippen molar-refractivity contribution < 1.29 is 18.0 Å². The van der Waals surface area contributed by atoms with Gasteiger partial charge in [0.2, 0.25) is 0 Å². The van der Waals surface area contributed by atoms with Gasteiger partial charge in [0.05, 0.1) is 0 Å². The molecule has 0 fully saturated rings. The molecule has 0 bridgehead atoms. The van der Waals surface area contributed by atoms with Crippen LogP contribution in [-0.4, -0.2) is 24.2 Å². The number of hydrogen-bond donors (Lipinski definition) is 1. The Hall–Kier alpha value is -1.56. The first-order valence-electron chi connectivity index (χ1n) is 5.44. The summed E-state index contributed by atoms with van der Waals surface area (Å²) in [7, 11) is 0. The first kappa shape index (κ1) is 14.5. The van der Waals surface area contributed by atoms with Crippen molar-refractivity contribution in [1.82, 2.24) is 0 Å². The summed E-state index contributed by atoms with van der Waals surface area (Å²) < 4.78 is 38.2. The second-order valence-electron chi connectivity index (χ2n) is 4.09. The van der Waals surface area contributed by atoms with Crippen LogP contribution in [0.4, 0.5) is 18.9 Å². The molecule has 1 aromatic rings. The van der Waals surface area contributed by atoms with Crippen molar-refractivity contribution in [1.29, 1.82) is 0 Å². The van der Waals surface area contributed by atoms with Gasteiger partial charge < -0.3 is 10.6 Å². The molecule has 0 aliphatic rings. The van der Waals surface area contributed by atoms with Crippen molar-refractivity contribution in [2.45, 2.75) is 25.6 Å². The van der Waals surface area contributed by atoms with Gasteiger partial charge in [-0.2, -0.15) is 13.2 Å². The molecular formula is C12H15F3N2O. The van der Waals surface area contributed by atoms with E-state index in [4.69, 9.17) is 5.73 Å². The van der Waals surface area contributed by atoms with Gasteiger partial charge >= 0.3 is 6.18 Å². The number of anilines is 1. The highest BCUT2D eigenvalue weighted by Gasteiger charge is 2.55. The molecule has 0 aliphatic heterocycles. The standard InChI is InChI=1S/C12H15F3N2O/c1-3-17(9-7-5-4-6-8-9)10(18)11(2,16)12(13,14)15/h4-8H,3,16H2,1-2H3. The molecule has 0 heterocycles. The Morgan fingerprint density at radius 1 is 1.28 bits per heavy atom. The third-order valence-electron chi connectivity index (χ3n) is 2.66. The van der Waals surface area contributed by atoms with Gasteiger partial charge in [-0.3, -0.25) is 4.79 Å². The van der Waals surface area contributed by atoms with Crippen LogP contribution in [0.3, 0.4) is 0 Å². The van der Waals surface area contributed by atoms with Crippen LogP contribution in [0.15, 0.2) is 30.3 Å². The number of rotatable bonds is 3. The number of nitrogens with zero attached hydrogens (tertiary/aromatic N) is 1. The lowest BCUT2D eigenvalue weighted by Gasteiger charge is -2.32. The number of carbonyl (C=O) groups excluding carboxylic acids is 1. The molecule has 1 atom stereocenters. The van der Waals surface area contributed by atoms with Crippen LogP contribution in [0, 0.1) is 0 Å². The number of para-hydroxylation sites is 1. The fraction of sp³-hybridized carbons (Fsp3) is 0.417. The molecule has 6 heteroatoms. The van der Waals surface area contributed by atoms with Crippen LogP contribution in [0.5, 0.6) is 0 Å². The number of hydrogen-bond acceptors (Lipinski definition) is 2. The Balaban J connectivity index is 3.08. The fourth-order valence-corrected chi connectivity index (χ4v) is 1.45. The number of halogens is 3. The minimum atomic E-state index is -4.79. The molecule has 1 amide bonds. The lowest BCUT2D eigenvalue weighted by atomic mass is 10.0. The summed E-state index contributed by atoms with van der Waals surface area (Å²) in [5.74, 6) is -1.16. The molecule has 3 nitrogen and oxygen atoms in total. The molecule has 0 aliphatic carbocycles. The van der Waals surface area contributed by atoms with Crippen LogP contribution in [0.25, 0.3) is 0 Å². The molecule has 0 saturated heterocycles. The second kappa shape index (κ2) is 4.97. The molecule has 1 rings (SSSR count). The first-order valence-corrected chi connectivity index (χ1v) is 5.44. The van der Waals surface area contributed by atoms with E-state index in [1.165, 1.54) is 0 Å². The van der Waals surface area contributed by atoms with E-state index in [0.717, 1.165) is 4.90 Å². The van der Waals surface area contributed by atoms with Gasteiger partial charge in [-0.05, 0) is 26.0 Å². The molecule has 0 radical (unpaired) electrons. The van der Waals surface area contributed by atoms with Crippen molar-refractivity contribution in [2.24, 2.45) is 5.73 Å². The zero-order valence-electron chi connectivity index (χ0n) is 10.2. The Bertz CT molecular complexity index is 415. The lowest BCUT2D eigenvalue weighted by Crippen LogP contribution is -2.62. The molecule has 18 heavy (non-hydrogen) atoms. The van der Waals surface area contributed by atoms with Crippen molar-refractivity contribution in [3.8, 4) is 0 Å². The predicted octanol–water partition coefficient (Wildman–Crippen LogP) is 2.32. The van der Waals surface area contributed by atoms with E-state index in [1.54, 1.807) is 37.3 Å². The Morgan fingerprint density at radius 2 is 1.78 bits per heavy atom. The van der Waals surface area contributed by atoms with Gasteiger partial charge in [0.15, 0.2) is 5.54 Å². The second-order valence-corrected chi connectivity index (χ2v) is 4.09. The van der Waals surface area contributed by atoms with Gasteiger partial charge in [-0.15, -0.1) is 0 Å².